The quantitative estimate of drug-likeness (QED) is 0.645. The van der Waals surface area contributed by atoms with Gasteiger partial charge < -0.3 is 20.4 Å². The van der Waals surface area contributed by atoms with Crippen LogP contribution in [0, 0.1) is 5.92 Å². The molecule has 1 aromatic heterocycles. The van der Waals surface area contributed by atoms with Crippen LogP contribution in [0.2, 0.25) is 0 Å². The van der Waals surface area contributed by atoms with E-state index in [2.05, 4.69) is 26.1 Å². The number of rotatable bonds is 8. The lowest BCUT2D eigenvalue weighted by atomic mass is 10.2. The fourth-order valence-electron chi connectivity index (χ4n) is 1.22. The third-order valence-electron chi connectivity index (χ3n) is 2.24. The third kappa shape index (κ3) is 6.76. The summed E-state index contributed by atoms with van der Waals surface area (Å²) in [6.07, 6.45) is 0. The van der Waals surface area contributed by atoms with Gasteiger partial charge in [0.15, 0.2) is 0 Å². The predicted octanol–water partition coefficient (Wildman–Crippen LogP) is 0.752. The second kappa shape index (κ2) is 7.73. The van der Waals surface area contributed by atoms with E-state index >= 15 is 0 Å². The molecule has 3 N–H and O–H groups in total. The Morgan fingerprint density at radius 3 is 2.63 bits per heavy atom. The van der Waals surface area contributed by atoms with Crippen molar-refractivity contribution in [3.05, 3.63) is 5.89 Å². The van der Waals surface area contributed by atoms with E-state index in [1.807, 2.05) is 27.7 Å². The smallest absolute Gasteiger partial charge is 0.315 e. The monoisotopic (exact) mass is 269 g/mol. The summed E-state index contributed by atoms with van der Waals surface area (Å²) in [5, 5.41) is 16.4. The van der Waals surface area contributed by atoms with Crippen molar-refractivity contribution in [3.63, 3.8) is 0 Å². The number of amides is 1. The van der Waals surface area contributed by atoms with Gasteiger partial charge in [-0.05, 0) is 5.92 Å². The van der Waals surface area contributed by atoms with Crippen molar-refractivity contribution in [1.29, 1.82) is 0 Å². The van der Waals surface area contributed by atoms with E-state index in [0.717, 1.165) is 0 Å². The maximum Gasteiger partial charge on any atom is 0.315 e. The zero-order valence-electron chi connectivity index (χ0n) is 12.0. The summed E-state index contributed by atoms with van der Waals surface area (Å²) >= 11 is 0. The standard InChI is InChI=1S/C12H23N5O2/c1-8(2)5-14-10(18)6-15-12-17-16-11(19-12)7-13-9(3)4/h8-9,13H,5-7H2,1-4H3,(H,14,18)(H,15,17). The summed E-state index contributed by atoms with van der Waals surface area (Å²) in [7, 11) is 0. The molecule has 0 spiro atoms. The summed E-state index contributed by atoms with van der Waals surface area (Å²) in [5.41, 5.74) is 0. The van der Waals surface area contributed by atoms with Crippen LogP contribution in [0.5, 0.6) is 0 Å². The molecule has 0 radical (unpaired) electrons. The highest BCUT2D eigenvalue weighted by molar-refractivity contribution is 5.79. The van der Waals surface area contributed by atoms with Crippen molar-refractivity contribution in [3.8, 4) is 0 Å². The van der Waals surface area contributed by atoms with Gasteiger partial charge in [-0.25, -0.2) is 0 Å². The fraction of sp³-hybridized carbons (Fsp3) is 0.750. The Hall–Kier alpha value is -1.63. The first-order chi connectivity index (χ1) is 8.97. The topological polar surface area (TPSA) is 92.1 Å². The summed E-state index contributed by atoms with van der Waals surface area (Å²) < 4.78 is 5.33. The lowest BCUT2D eigenvalue weighted by molar-refractivity contribution is -0.119. The predicted molar refractivity (Wildman–Crippen MR) is 72.6 cm³/mol. The molecule has 1 heterocycles. The highest BCUT2D eigenvalue weighted by atomic mass is 16.4. The molecule has 7 nitrogen and oxygen atoms in total. The molecule has 1 aromatic rings. The number of nitrogens with one attached hydrogen (secondary N) is 3. The molecule has 1 rings (SSSR count). The van der Waals surface area contributed by atoms with Crippen molar-refractivity contribution in [2.45, 2.75) is 40.3 Å². The van der Waals surface area contributed by atoms with E-state index in [0.29, 0.717) is 30.9 Å². The highest BCUT2D eigenvalue weighted by Crippen LogP contribution is 2.04. The fourth-order valence-corrected chi connectivity index (χ4v) is 1.22. The van der Waals surface area contributed by atoms with Crippen LogP contribution in [0.15, 0.2) is 4.42 Å². The van der Waals surface area contributed by atoms with Crippen molar-refractivity contribution in [2.75, 3.05) is 18.4 Å². The molecule has 1 amide bonds. The van der Waals surface area contributed by atoms with Crippen LogP contribution >= 0.6 is 0 Å². The van der Waals surface area contributed by atoms with Crippen molar-refractivity contribution in [2.24, 2.45) is 5.92 Å². The Bertz CT molecular complexity index is 389. The first kappa shape index (κ1) is 15.4. The molecule has 0 saturated heterocycles. The van der Waals surface area contributed by atoms with Gasteiger partial charge in [0, 0.05) is 12.6 Å². The van der Waals surface area contributed by atoms with Gasteiger partial charge in [-0.15, -0.1) is 5.10 Å². The molecule has 0 aliphatic heterocycles. The second-order valence-corrected chi connectivity index (χ2v) is 5.09. The Kier molecular flexibility index (Phi) is 6.27. The molecule has 0 atom stereocenters. The van der Waals surface area contributed by atoms with Gasteiger partial charge in [-0.3, -0.25) is 4.79 Å². The number of nitrogens with zero attached hydrogens (tertiary/aromatic N) is 2. The highest BCUT2D eigenvalue weighted by Gasteiger charge is 2.08. The van der Waals surface area contributed by atoms with Crippen molar-refractivity contribution < 1.29 is 9.21 Å². The van der Waals surface area contributed by atoms with E-state index in [4.69, 9.17) is 4.42 Å². The largest absolute Gasteiger partial charge is 0.407 e. The summed E-state index contributed by atoms with van der Waals surface area (Å²) in [5.74, 6) is 0.841. The van der Waals surface area contributed by atoms with Crippen LogP contribution in [0.3, 0.4) is 0 Å². The van der Waals surface area contributed by atoms with Crippen LogP contribution in [0.4, 0.5) is 6.01 Å². The Morgan fingerprint density at radius 1 is 1.26 bits per heavy atom. The summed E-state index contributed by atoms with van der Waals surface area (Å²) in [6, 6.07) is 0.616. The normalized spacial score (nSPS) is 11.1. The molecular formula is C12H23N5O2. The molecule has 19 heavy (non-hydrogen) atoms. The van der Waals surface area contributed by atoms with Crippen LogP contribution < -0.4 is 16.0 Å². The summed E-state index contributed by atoms with van der Waals surface area (Å²) in [4.78, 5) is 11.5. The average Bonchev–Trinajstić information content (AvgIpc) is 2.79. The van der Waals surface area contributed by atoms with Crippen molar-refractivity contribution in [1.82, 2.24) is 20.8 Å². The molecule has 0 aliphatic carbocycles. The van der Waals surface area contributed by atoms with Gasteiger partial charge in [0.1, 0.15) is 0 Å². The minimum atomic E-state index is -0.0891. The van der Waals surface area contributed by atoms with Gasteiger partial charge in [0.25, 0.3) is 0 Å². The second-order valence-electron chi connectivity index (χ2n) is 5.09. The van der Waals surface area contributed by atoms with E-state index in [1.54, 1.807) is 0 Å². The zero-order valence-corrected chi connectivity index (χ0v) is 12.0. The SMILES string of the molecule is CC(C)CNC(=O)CNc1nnc(CNC(C)C)o1. The first-order valence-corrected chi connectivity index (χ1v) is 6.53. The lowest BCUT2D eigenvalue weighted by Gasteiger charge is -2.07. The number of hydrogen-bond acceptors (Lipinski definition) is 6. The molecule has 0 unspecified atom stereocenters. The molecule has 7 heteroatoms. The van der Waals surface area contributed by atoms with Crippen LogP contribution in [-0.4, -0.2) is 35.2 Å². The van der Waals surface area contributed by atoms with E-state index in [9.17, 15) is 4.79 Å². The lowest BCUT2D eigenvalue weighted by Crippen LogP contribution is -2.32. The molecule has 0 fully saturated rings. The van der Waals surface area contributed by atoms with Crippen molar-refractivity contribution >= 4 is 11.9 Å². The van der Waals surface area contributed by atoms with Gasteiger partial charge in [0.2, 0.25) is 11.8 Å². The number of carbonyl (C=O) groups is 1. The number of anilines is 1. The zero-order chi connectivity index (χ0) is 14.3. The minimum Gasteiger partial charge on any atom is -0.407 e. The Labute approximate surface area is 113 Å². The third-order valence-corrected chi connectivity index (χ3v) is 2.24. The first-order valence-electron chi connectivity index (χ1n) is 6.53. The van der Waals surface area contributed by atoms with Crippen LogP contribution in [0.25, 0.3) is 0 Å². The maximum atomic E-state index is 11.5. The van der Waals surface area contributed by atoms with Gasteiger partial charge in [-0.2, -0.15) is 0 Å². The van der Waals surface area contributed by atoms with Crippen LogP contribution in [-0.2, 0) is 11.3 Å². The van der Waals surface area contributed by atoms with Crippen LogP contribution in [0.1, 0.15) is 33.6 Å². The number of hydrogen-bond donors (Lipinski definition) is 3. The Balaban J connectivity index is 2.27. The molecule has 0 bridgehead atoms. The maximum absolute atomic E-state index is 11.5. The van der Waals surface area contributed by atoms with E-state index < -0.39 is 0 Å². The summed E-state index contributed by atoms with van der Waals surface area (Å²) in [6.45, 7) is 9.47. The number of carbonyl (C=O) groups excluding carboxylic acids is 1. The van der Waals surface area contributed by atoms with Gasteiger partial charge in [-0.1, -0.05) is 32.8 Å². The molecule has 0 aliphatic rings. The molecule has 0 saturated carbocycles. The molecular weight excluding hydrogens is 246 g/mol. The minimum absolute atomic E-state index is 0.0891. The Morgan fingerprint density at radius 2 is 2.00 bits per heavy atom. The van der Waals surface area contributed by atoms with E-state index in [-0.39, 0.29) is 18.5 Å². The number of aromatic nitrogens is 2. The molecule has 0 aromatic carbocycles. The van der Waals surface area contributed by atoms with Gasteiger partial charge in [0.05, 0.1) is 13.1 Å². The molecule has 108 valence electrons. The average molecular weight is 269 g/mol. The van der Waals surface area contributed by atoms with E-state index in [1.165, 1.54) is 0 Å². The van der Waals surface area contributed by atoms with Gasteiger partial charge >= 0.3 is 6.01 Å².